The number of nitrogens with zero attached hydrogens (tertiary/aromatic N) is 3. The third-order valence-electron chi connectivity index (χ3n) is 16.3. The molecule has 5 N–H and O–H groups in total. The van der Waals surface area contributed by atoms with Crippen LogP contribution < -0.4 is 26.0 Å². The minimum absolute atomic E-state index is 0.00773. The normalized spacial score (nSPS) is 23.6. The molecule has 15 nitrogen and oxygen atoms in total. The average molecular weight is 1070 g/mol. The van der Waals surface area contributed by atoms with E-state index in [1.807, 2.05) is 106 Å². The summed E-state index contributed by atoms with van der Waals surface area (Å²) < 4.78 is 25.5. The fourth-order valence-electron chi connectivity index (χ4n) is 12.9. The van der Waals surface area contributed by atoms with E-state index in [0.717, 1.165) is 82.5 Å². The number of thiazole rings is 1. The molecule has 4 aliphatic carbocycles. The van der Waals surface area contributed by atoms with E-state index >= 15 is 0 Å². The van der Waals surface area contributed by atoms with Gasteiger partial charge < -0.3 is 45.6 Å². The molecule has 4 saturated carbocycles. The van der Waals surface area contributed by atoms with Gasteiger partial charge in [-0.2, -0.15) is 0 Å². The highest BCUT2D eigenvalue weighted by atomic mass is 32.1. The van der Waals surface area contributed by atoms with Gasteiger partial charge in [-0.1, -0.05) is 75.4 Å². The smallest absolute Gasteiger partial charge is 0.251 e. The summed E-state index contributed by atoms with van der Waals surface area (Å²) in [6.07, 6.45) is 5.08. The molecule has 5 atom stereocenters. The minimum atomic E-state index is -0.946. The molecule has 5 amide bonds. The molecule has 2 aliphatic heterocycles. The molecule has 2 unspecified atom stereocenters. The summed E-state index contributed by atoms with van der Waals surface area (Å²) in [6.45, 7) is 9.49. The quantitative estimate of drug-likeness (QED) is 0.0519. The number of hydrogen-bond acceptors (Lipinski definition) is 11. The molecular weight excluding hydrogens is 998 g/mol. The minimum Gasteiger partial charge on any atom is -0.491 e. The van der Waals surface area contributed by atoms with Crippen LogP contribution in [-0.2, 0) is 43.5 Å². The summed E-state index contributed by atoms with van der Waals surface area (Å²) in [5.41, 5.74) is 7.88. The van der Waals surface area contributed by atoms with Crippen molar-refractivity contribution in [3.05, 3.63) is 130 Å². The lowest BCUT2D eigenvalue weighted by atomic mass is 9.50. The van der Waals surface area contributed by atoms with Gasteiger partial charge in [-0.05, 0) is 132 Å². The first-order chi connectivity index (χ1) is 36.9. The Labute approximate surface area is 453 Å². The van der Waals surface area contributed by atoms with Gasteiger partial charge in [-0.15, -0.1) is 11.3 Å². The number of carbonyl (C=O) groups is 5. The number of aliphatic hydroxyl groups is 1. The van der Waals surface area contributed by atoms with Crippen molar-refractivity contribution in [1.29, 1.82) is 0 Å². The summed E-state index contributed by atoms with van der Waals surface area (Å²) in [5, 5.41) is 23.6. The van der Waals surface area contributed by atoms with Crippen molar-refractivity contribution in [2.75, 3.05) is 32.9 Å². The summed E-state index contributed by atoms with van der Waals surface area (Å²) in [7, 11) is 0. The summed E-state index contributed by atoms with van der Waals surface area (Å²) in [5.74, 6) is 0.105. The van der Waals surface area contributed by atoms with Crippen LogP contribution in [0.2, 0.25) is 0 Å². The second-order valence-electron chi connectivity index (χ2n) is 23.2. The Balaban J connectivity index is 0.641. The van der Waals surface area contributed by atoms with E-state index in [9.17, 15) is 33.5 Å². The van der Waals surface area contributed by atoms with Gasteiger partial charge in [0.05, 0.1) is 41.9 Å². The van der Waals surface area contributed by atoms with Gasteiger partial charge in [-0.3, -0.25) is 24.0 Å². The van der Waals surface area contributed by atoms with E-state index in [-0.39, 0.29) is 92.8 Å². The van der Waals surface area contributed by atoms with Crippen LogP contribution in [0, 0.1) is 30.0 Å². The van der Waals surface area contributed by atoms with Gasteiger partial charge in [-0.25, -0.2) is 9.37 Å². The molecular formula is C60H70FN7O8S. The first-order valence-electron chi connectivity index (χ1n) is 27.0. The number of aliphatic hydroxyl groups excluding tert-OH is 1. The SMILES string of the molecule is Cc1ncsc1-c1ccc(CNC(=O)[C@@H]2C[C@@H](O)CN2C(=O)[C@@H](NC(=O)CCOCCOc2ccc(-c3ccc(C(=O)NC45CC6CC(CC(NCC(=O)N7Cc8ccc(F)cc8C7)(C6)C4)C5)cc3)cc2)C(C)(C)C)cc1. The molecule has 3 heterocycles. The summed E-state index contributed by atoms with van der Waals surface area (Å²) in [6, 6.07) is 26.1. The van der Waals surface area contributed by atoms with Crippen LogP contribution in [0.25, 0.3) is 21.6 Å². The molecule has 5 fully saturated rings. The second-order valence-corrected chi connectivity index (χ2v) is 24.1. The number of hydrogen-bond donors (Lipinski definition) is 5. The number of nitrogens with one attached hydrogen (secondary N) is 4. The van der Waals surface area contributed by atoms with Crippen molar-refractivity contribution in [1.82, 2.24) is 36.1 Å². The standard InChI is InChI=1S/C60H70FN7O8S/c1-37-53(77-36-63-37)43-7-5-38(6-8-43)30-62-56(73)50-25-48(69)34-68(50)57(74)54(58(2,3)4)65-51(70)19-20-75-21-22-76-49-17-14-42(15-18-49)41-9-11-44(12-10-41)55(72)66-60-28-39-23-40(29-60)27-59(26-39,35-60)64-31-52(71)67-32-45-13-16-47(61)24-46(45)33-67/h5-18,24,36,39-40,48,50,54,64,69H,19-23,25-35H2,1-4H3,(H,62,73)(H,65,70)(H,66,72)/t39?,40?,48-,50+,54-,59?,60?/m1/s1. The molecule has 1 aromatic heterocycles. The topological polar surface area (TPSA) is 192 Å². The van der Waals surface area contributed by atoms with Crippen molar-refractivity contribution >= 4 is 40.9 Å². The molecule has 406 valence electrons. The Hall–Kier alpha value is -6.53. The maximum Gasteiger partial charge on any atom is 0.251 e. The number of aryl methyl sites for hydroxylation is 1. The zero-order chi connectivity index (χ0) is 54.1. The van der Waals surface area contributed by atoms with Crippen LogP contribution >= 0.6 is 11.3 Å². The van der Waals surface area contributed by atoms with E-state index in [4.69, 9.17) is 9.47 Å². The number of aromatic nitrogens is 1. The summed E-state index contributed by atoms with van der Waals surface area (Å²) >= 11 is 1.57. The number of β-amino-alcohol motifs (C(OH)–C–C–N with tert-alkyl or cyclic N) is 1. The van der Waals surface area contributed by atoms with Crippen molar-refractivity contribution in [2.45, 2.75) is 128 Å². The molecule has 17 heteroatoms. The maximum atomic E-state index is 14.1. The number of amides is 5. The Morgan fingerprint density at radius 1 is 0.831 bits per heavy atom. The lowest BCUT2D eigenvalue weighted by Crippen LogP contribution is -2.69. The Morgan fingerprint density at radius 3 is 2.19 bits per heavy atom. The van der Waals surface area contributed by atoms with Crippen LogP contribution in [0.15, 0.2) is 96.5 Å². The van der Waals surface area contributed by atoms with Crippen molar-refractivity contribution in [2.24, 2.45) is 17.3 Å². The molecule has 6 aliphatic rings. The molecule has 0 spiro atoms. The first-order valence-corrected chi connectivity index (χ1v) is 27.9. The van der Waals surface area contributed by atoms with E-state index < -0.39 is 29.5 Å². The highest BCUT2D eigenvalue weighted by Gasteiger charge is 2.58. The summed E-state index contributed by atoms with van der Waals surface area (Å²) in [4.78, 5) is 76.6. The van der Waals surface area contributed by atoms with Crippen molar-refractivity contribution in [3.8, 4) is 27.3 Å². The molecule has 0 radical (unpaired) electrons. The van der Waals surface area contributed by atoms with Crippen LogP contribution in [0.3, 0.4) is 0 Å². The number of benzene rings is 4. The number of halogens is 1. The highest BCUT2D eigenvalue weighted by molar-refractivity contribution is 7.13. The van der Waals surface area contributed by atoms with E-state index in [2.05, 4.69) is 26.3 Å². The maximum absolute atomic E-state index is 14.1. The lowest BCUT2D eigenvalue weighted by Gasteiger charge is -2.62. The Kier molecular flexibility index (Phi) is 15.7. The molecule has 77 heavy (non-hydrogen) atoms. The van der Waals surface area contributed by atoms with Gasteiger partial charge in [0.2, 0.25) is 23.6 Å². The lowest BCUT2D eigenvalue weighted by molar-refractivity contribution is -0.144. The number of ether oxygens (including phenoxy) is 2. The molecule has 1 saturated heterocycles. The van der Waals surface area contributed by atoms with Gasteiger partial charge >= 0.3 is 0 Å². The fourth-order valence-corrected chi connectivity index (χ4v) is 13.7. The van der Waals surface area contributed by atoms with E-state index in [0.29, 0.717) is 36.2 Å². The van der Waals surface area contributed by atoms with Crippen LogP contribution in [0.1, 0.15) is 105 Å². The Bertz CT molecular complexity index is 2960. The number of carbonyl (C=O) groups excluding carboxylic acids is 5. The zero-order valence-electron chi connectivity index (χ0n) is 44.4. The third kappa shape index (κ3) is 12.4. The van der Waals surface area contributed by atoms with E-state index in [1.54, 1.807) is 22.3 Å². The zero-order valence-corrected chi connectivity index (χ0v) is 45.2. The van der Waals surface area contributed by atoms with Gasteiger partial charge in [0.25, 0.3) is 5.91 Å². The number of fused-ring (bicyclic) bond motifs is 1. The van der Waals surface area contributed by atoms with Crippen LogP contribution in [-0.4, -0.2) is 112 Å². The number of likely N-dealkylation sites (tertiary alicyclic amines) is 1. The molecule has 4 aromatic carbocycles. The van der Waals surface area contributed by atoms with Crippen molar-refractivity contribution in [3.63, 3.8) is 0 Å². The van der Waals surface area contributed by atoms with Gasteiger partial charge in [0.15, 0.2) is 0 Å². The molecule has 5 aromatic rings. The van der Waals surface area contributed by atoms with E-state index in [1.165, 1.54) is 17.0 Å². The van der Waals surface area contributed by atoms with Crippen LogP contribution in [0.5, 0.6) is 5.75 Å². The Morgan fingerprint density at radius 2 is 1.51 bits per heavy atom. The third-order valence-corrected chi connectivity index (χ3v) is 17.3. The predicted octanol–water partition coefficient (Wildman–Crippen LogP) is 7.47. The van der Waals surface area contributed by atoms with Gasteiger partial charge in [0.1, 0.15) is 30.3 Å². The van der Waals surface area contributed by atoms with Crippen molar-refractivity contribution < 1.29 is 42.9 Å². The first kappa shape index (κ1) is 53.9. The molecule has 4 bridgehead atoms. The highest BCUT2D eigenvalue weighted by Crippen LogP contribution is 2.57. The second kappa shape index (κ2) is 22.4. The largest absolute Gasteiger partial charge is 0.491 e. The van der Waals surface area contributed by atoms with Crippen LogP contribution in [0.4, 0.5) is 4.39 Å². The predicted molar refractivity (Wildman–Crippen MR) is 291 cm³/mol. The van der Waals surface area contributed by atoms with Gasteiger partial charge in [0, 0.05) is 55.7 Å². The number of rotatable bonds is 19. The molecule has 11 rings (SSSR count). The average Bonchev–Trinajstić information content (AvgIpc) is 4.19. The monoisotopic (exact) mass is 1070 g/mol. The fraction of sp³-hybridized carbons (Fsp3) is 0.467.